The summed E-state index contributed by atoms with van der Waals surface area (Å²) < 4.78 is 5.31. The first-order valence-corrected chi connectivity index (χ1v) is 7.23. The molecule has 1 aliphatic heterocycles. The highest BCUT2D eigenvalue weighted by molar-refractivity contribution is 5.85. The largest absolute Gasteiger partial charge is 0.394 e. The van der Waals surface area contributed by atoms with Crippen molar-refractivity contribution in [2.45, 2.75) is 12.5 Å². The Labute approximate surface area is 123 Å². The average molecular weight is 285 g/mol. The maximum absolute atomic E-state index is 12.4. The second-order valence-electron chi connectivity index (χ2n) is 5.36. The summed E-state index contributed by atoms with van der Waals surface area (Å²) >= 11 is 0. The third-order valence-electron chi connectivity index (χ3n) is 3.93. The van der Waals surface area contributed by atoms with Crippen molar-refractivity contribution in [3.8, 4) is 0 Å². The molecule has 3 rings (SSSR count). The summed E-state index contributed by atoms with van der Waals surface area (Å²) in [5.74, 6) is 0.0487. The van der Waals surface area contributed by atoms with Crippen LogP contribution in [0.2, 0.25) is 0 Å². The van der Waals surface area contributed by atoms with Crippen LogP contribution in [0.25, 0.3) is 10.8 Å². The van der Waals surface area contributed by atoms with Crippen LogP contribution in [0.15, 0.2) is 42.5 Å². The Morgan fingerprint density at radius 2 is 2.05 bits per heavy atom. The number of carbonyl (C=O) groups excluding carboxylic acids is 1. The Balaban J connectivity index is 1.76. The van der Waals surface area contributed by atoms with E-state index in [1.54, 1.807) is 4.90 Å². The summed E-state index contributed by atoms with van der Waals surface area (Å²) in [4.78, 5) is 14.2. The summed E-state index contributed by atoms with van der Waals surface area (Å²) in [6.07, 6.45) is 0.362. The first kappa shape index (κ1) is 14.0. The van der Waals surface area contributed by atoms with Gasteiger partial charge in [-0.25, -0.2) is 0 Å². The van der Waals surface area contributed by atoms with Gasteiger partial charge in [0.1, 0.15) is 0 Å². The molecular formula is C17H19NO3. The molecule has 0 aromatic heterocycles. The maximum Gasteiger partial charge on any atom is 0.227 e. The van der Waals surface area contributed by atoms with E-state index in [0.717, 1.165) is 10.9 Å². The van der Waals surface area contributed by atoms with Crippen molar-refractivity contribution in [3.05, 3.63) is 48.0 Å². The zero-order valence-electron chi connectivity index (χ0n) is 11.9. The molecule has 21 heavy (non-hydrogen) atoms. The van der Waals surface area contributed by atoms with Crippen molar-refractivity contribution in [1.82, 2.24) is 4.90 Å². The standard InChI is InChI=1S/C17H19NO3/c19-11-16-12-21-8-7-18(16)17(20)10-13-5-6-14-3-1-2-4-15(14)9-13/h1-6,9,16,19H,7-8,10-12H2. The van der Waals surface area contributed by atoms with E-state index >= 15 is 0 Å². The van der Waals surface area contributed by atoms with E-state index in [1.165, 1.54) is 5.39 Å². The fourth-order valence-corrected chi connectivity index (χ4v) is 2.76. The lowest BCUT2D eigenvalue weighted by Crippen LogP contribution is -2.51. The molecule has 1 fully saturated rings. The zero-order valence-corrected chi connectivity index (χ0v) is 11.9. The van der Waals surface area contributed by atoms with E-state index in [1.807, 2.05) is 24.3 Å². The van der Waals surface area contributed by atoms with Crippen molar-refractivity contribution in [2.24, 2.45) is 0 Å². The minimum Gasteiger partial charge on any atom is -0.394 e. The third-order valence-corrected chi connectivity index (χ3v) is 3.93. The Morgan fingerprint density at radius 3 is 2.86 bits per heavy atom. The van der Waals surface area contributed by atoms with Crippen LogP contribution in [-0.4, -0.2) is 48.3 Å². The molecule has 2 aromatic carbocycles. The molecule has 110 valence electrons. The van der Waals surface area contributed by atoms with Crippen LogP contribution in [-0.2, 0) is 16.0 Å². The highest BCUT2D eigenvalue weighted by Gasteiger charge is 2.26. The molecule has 0 bridgehead atoms. The second kappa shape index (κ2) is 6.24. The molecule has 0 radical (unpaired) electrons. The molecular weight excluding hydrogens is 266 g/mol. The van der Waals surface area contributed by atoms with Crippen molar-refractivity contribution < 1.29 is 14.6 Å². The number of ether oxygens (including phenoxy) is 1. The van der Waals surface area contributed by atoms with Crippen molar-refractivity contribution in [3.63, 3.8) is 0 Å². The molecule has 1 atom stereocenters. The Hall–Kier alpha value is -1.91. The van der Waals surface area contributed by atoms with Gasteiger partial charge in [-0.15, -0.1) is 0 Å². The number of aliphatic hydroxyl groups excluding tert-OH is 1. The number of rotatable bonds is 3. The number of fused-ring (bicyclic) bond motifs is 1. The van der Waals surface area contributed by atoms with Gasteiger partial charge in [0, 0.05) is 6.54 Å². The molecule has 0 saturated carbocycles. The van der Waals surface area contributed by atoms with Gasteiger partial charge in [-0.2, -0.15) is 0 Å². The molecule has 1 aliphatic rings. The van der Waals surface area contributed by atoms with Gasteiger partial charge < -0.3 is 14.7 Å². The number of amides is 1. The molecule has 1 amide bonds. The van der Waals surface area contributed by atoms with Gasteiger partial charge in [-0.1, -0.05) is 42.5 Å². The van der Waals surface area contributed by atoms with E-state index in [4.69, 9.17) is 4.74 Å². The number of morpholine rings is 1. The number of hydrogen-bond donors (Lipinski definition) is 1. The minimum atomic E-state index is -0.216. The topological polar surface area (TPSA) is 49.8 Å². The molecule has 0 spiro atoms. The van der Waals surface area contributed by atoms with Gasteiger partial charge in [0.25, 0.3) is 0 Å². The Kier molecular flexibility index (Phi) is 4.18. The van der Waals surface area contributed by atoms with Crippen LogP contribution < -0.4 is 0 Å². The first-order valence-electron chi connectivity index (χ1n) is 7.23. The SMILES string of the molecule is O=C(Cc1ccc2ccccc2c1)N1CCOCC1CO. The minimum absolute atomic E-state index is 0.0487. The summed E-state index contributed by atoms with van der Waals surface area (Å²) in [5.41, 5.74) is 1.00. The summed E-state index contributed by atoms with van der Waals surface area (Å²) in [7, 11) is 0. The van der Waals surface area contributed by atoms with Crippen LogP contribution in [0.3, 0.4) is 0 Å². The summed E-state index contributed by atoms with van der Waals surface area (Å²) in [5, 5.41) is 11.7. The molecule has 4 heteroatoms. The molecule has 4 nitrogen and oxygen atoms in total. The highest BCUT2D eigenvalue weighted by Crippen LogP contribution is 2.17. The van der Waals surface area contributed by atoms with Crippen molar-refractivity contribution in [1.29, 1.82) is 0 Å². The lowest BCUT2D eigenvalue weighted by atomic mass is 10.0. The van der Waals surface area contributed by atoms with Crippen LogP contribution in [0.5, 0.6) is 0 Å². The smallest absolute Gasteiger partial charge is 0.227 e. The monoisotopic (exact) mass is 285 g/mol. The Bertz CT molecular complexity index is 641. The third kappa shape index (κ3) is 3.06. The fraction of sp³-hybridized carbons (Fsp3) is 0.353. The quantitative estimate of drug-likeness (QED) is 0.932. The average Bonchev–Trinajstić information content (AvgIpc) is 2.54. The van der Waals surface area contributed by atoms with Crippen LogP contribution >= 0.6 is 0 Å². The zero-order chi connectivity index (χ0) is 14.7. The molecule has 1 saturated heterocycles. The van der Waals surface area contributed by atoms with Gasteiger partial charge in [-0.3, -0.25) is 4.79 Å². The van der Waals surface area contributed by atoms with E-state index < -0.39 is 0 Å². The molecule has 1 unspecified atom stereocenters. The molecule has 1 N–H and O–H groups in total. The fourth-order valence-electron chi connectivity index (χ4n) is 2.76. The first-order chi connectivity index (χ1) is 10.3. The van der Waals surface area contributed by atoms with Gasteiger partial charge in [0.2, 0.25) is 5.91 Å². The number of aliphatic hydroxyl groups is 1. The lowest BCUT2D eigenvalue weighted by molar-refractivity contribution is -0.140. The van der Waals surface area contributed by atoms with Crippen LogP contribution in [0.1, 0.15) is 5.56 Å². The van der Waals surface area contributed by atoms with Crippen molar-refractivity contribution in [2.75, 3.05) is 26.4 Å². The highest BCUT2D eigenvalue weighted by atomic mass is 16.5. The predicted octanol–water partition coefficient (Wildman–Crippen LogP) is 1.60. The number of benzene rings is 2. The molecule has 2 aromatic rings. The number of carbonyl (C=O) groups is 1. The van der Waals surface area contributed by atoms with E-state index in [2.05, 4.69) is 18.2 Å². The van der Waals surface area contributed by atoms with Gasteiger partial charge in [0.15, 0.2) is 0 Å². The van der Waals surface area contributed by atoms with Crippen LogP contribution in [0.4, 0.5) is 0 Å². The van der Waals surface area contributed by atoms with Gasteiger partial charge >= 0.3 is 0 Å². The normalized spacial score (nSPS) is 18.9. The predicted molar refractivity (Wildman–Crippen MR) is 81.1 cm³/mol. The van der Waals surface area contributed by atoms with E-state index in [0.29, 0.717) is 26.2 Å². The Morgan fingerprint density at radius 1 is 1.24 bits per heavy atom. The summed E-state index contributed by atoms with van der Waals surface area (Å²) in [6.45, 7) is 1.46. The van der Waals surface area contributed by atoms with E-state index in [-0.39, 0.29) is 18.6 Å². The van der Waals surface area contributed by atoms with Gasteiger partial charge in [-0.05, 0) is 16.3 Å². The van der Waals surface area contributed by atoms with Crippen molar-refractivity contribution >= 4 is 16.7 Å². The molecule has 0 aliphatic carbocycles. The summed E-state index contributed by atoms with van der Waals surface area (Å²) in [6, 6.07) is 14.0. The molecule has 1 heterocycles. The van der Waals surface area contributed by atoms with E-state index in [9.17, 15) is 9.90 Å². The number of nitrogens with zero attached hydrogens (tertiary/aromatic N) is 1. The second-order valence-corrected chi connectivity index (χ2v) is 5.36. The van der Waals surface area contributed by atoms with Crippen LogP contribution in [0, 0.1) is 0 Å². The number of hydrogen-bond acceptors (Lipinski definition) is 3. The maximum atomic E-state index is 12.4. The lowest BCUT2D eigenvalue weighted by Gasteiger charge is -2.34. The van der Waals surface area contributed by atoms with Gasteiger partial charge in [0.05, 0.1) is 32.3 Å².